The first-order chi connectivity index (χ1) is 13.0. The Labute approximate surface area is 164 Å². The summed E-state index contributed by atoms with van der Waals surface area (Å²) in [6.45, 7) is 6.25. The van der Waals surface area contributed by atoms with Crippen molar-refractivity contribution in [2.75, 3.05) is 20.4 Å². The molecular weight excluding hydrogens is 355 g/mol. The first-order valence-corrected chi connectivity index (χ1v) is 10.7. The van der Waals surface area contributed by atoms with Crippen LogP contribution in [0.1, 0.15) is 40.7 Å². The Morgan fingerprint density at radius 2 is 1.56 bits per heavy atom. The van der Waals surface area contributed by atoms with Gasteiger partial charge in [0.05, 0.1) is 27.6 Å². The lowest BCUT2D eigenvalue weighted by atomic mass is 10.0. The summed E-state index contributed by atoms with van der Waals surface area (Å²) in [6, 6.07) is 10.0. The van der Waals surface area contributed by atoms with Gasteiger partial charge >= 0.3 is 0 Å². The maximum Gasteiger partial charge on any atom is 0.129 e. The quantitative estimate of drug-likeness (QED) is 0.473. The van der Waals surface area contributed by atoms with Crippen LogP contribution in [0.25, 0.3) is 6.08 Å². The van der Waals surface area contributed by atoms with Crippen molar-refractivity contribution in [3.8, 4) is 11.5 Å². The van der Waals surface area contributed by atoms with E-state index in [1.165, 1.54) is 16.7 Å². The van der Waals surface area contributed by atoms with E-state index in [1.54, 1.807) is 14.2 Å². The van der Waals surface area contributed by atoms with Gasteiger partial charge in [-0.1, -0.05) is 35.9 Å². The highest BCUT2D eigenvalue weighted by molar-refractivity contribution is 7.50. The van der Waals surface area contributed by atoms with Gasteiger partial charge in [0.1, 0.15) is 23.5 Å². The van der Waals surface area contributed by atoms with Crippen LogP contribution in [0.4, 0.5) is 0 Å². The molecule has 0 aromatic heterocycles. The van der Waals surface area contributed by atoms with E-state index in [2.05, 4.69) is 39.0 Å². The molecule has 0 bridgehead atoms. The largest absolute Gasteiger partial charge is 0.630 e. The number of hydrogen-bond acceptors (Lipinski definition) is 3. The molecule has 2 aromatic rings. The maximum atomic E-state index is 12.5. The van der Waals surface area contributed by atoms with Crippen LogP contribution in [0, 0.1) is 20.8 Å². The Bertz CT molecular complexity index is 792. The van der Waals surface area contributed by atoms with Crippen LogP contribution < -0.4 is 14.4 Å². The van der Waals surface area contributed by atoms with Gasteiger partial charge in [-0.15, -0.1) is 0 Å². The van der Waals surface area contributed by atoms with E-state index in [4.69, 9.17) is 9.47 Å². The third kappa shape index (κ3) is 5.95. The predicted octanol–water partition coefficient (Wildman–Crippen LogP) is 5.03. The lowest BCUT2D eigenvalue weighted by Crippen LogP contribution is -1.99. The van der Waals surface area contributed by atoms with E-state index in [0.29, 0.717) is 6.16 Å². The highest BCUT2D eigenvalue weighted by Gasteiger charge is 2.07. The maximum absolute atomic E-state index is 12.5. The van der Waals surface area contributed by atoms with Crippen molar-refractivity contribution in [3.63, 3.8) is 0 Å². The summed E-state index contributed by atoms with van der Waals surface area (Å²) < 4.78 is 10.8. The van der Waals surface area contributed by atoms with Crippen LogP contribution in [0.15, 0.2) is 36.4 Å². The molecule has 27 heavy (non-hydrogen) atoms. The van der Waals surface area contributed by atoms with Gasteiger partial charge in [0.25, 0.3) is 0 Å². The van der Waals surface area contributed by atoms with Crippen molar-refractivity contribution in [1.82, 2.24) is 0 Å². The van der Waals surface area contributed by atoms with E-state index in [0.717, 1.165) is 35.5 Å². The smallest absolute Gasteiger partial charge is 0.129 e. The molecule has 0 spiro atoms. The number of rotatable bonds is 8. The monoisotopic (exact) mass is 384 g/mol. The molecule has 0 radical (unpaired) electrons. The van der Waals surface area contributed by atoms with Crippen molar-refractivity contribution in [3.05, 3.63) is 64.2 Å². The molecule has 4 heteroatoms. The van der Waals surface area contributed by atoms with Gasteiger partial charge < -0.3 is 14.4 Å². The summed E-state index contributed by atoms with van der Waals surface area (Å²) in [5.74, 6) is 3.51. The summed E-state index contributed by atoms with van der Waals surface area (Å²) in [5, 5.41) is 0. The topological polar surface area (TPSA) is 41.5 Å². The molecule has 0 saturated carbocycles. The molecule has 0 fully saturated rings. The standard InChI is InChI=1S/C23H29O3P/c1-17-14-18(2)21(19(3)15-17)16-27(24)13-8-6-7-10-20-22(25-4)11-9-12-23(20)26-5/h7,9-12,14-16H,6,8,13H2,1-5H3. The molecule has 0 saturated heterocycles. The zero-order valence-corrected chi connectivity index (χ0v) is 17.8. The van der Waals surface area contributed by atoms with E-state index < -0.39 is 7.77 Å². The SMILES string of the molecule is COc1cccc(OC)c1C=CCCC[P+]([O-])=Cc1c(C)cc(C)cc1C. The molecule has 0 aliphatic rings. The second-order valence-corrected chi connectivity index (χ2v) is 8.24. The van der Waals surface area contributed by atoms with Gasteiger partial charge in [0.2, 0.25) is 0 Å². The van der Waals surface area contributed by atoms with Crippen molar-refractivity contribution in [2.45, 2.75) is 33.6 Å². The zero-order chi connectivity index (χ0) is 19.8. The second kappa shape index (κ2) is 10.3. The summed E-state index contributed by atoms with van der Waals surface area (Å²) in [5.41, 5.74) is 5.69. The third-order valence-corrected chi connectivity index (χ3v) is 5.81. The molecule has 0 aliphatic carbocycles. The van der Waals surface area contributed by atoms with Gasteiger partial charge in [0.15, 0.2) is 0 Å². The van der Waals surface area contributed by atoms with Crippen molar-refractivity contribution >= 4 is 19.6 Å². The fourth-order valence-corrected chi connectivity index (χ4v) is 4.53. The average molecular weight is 384 g/mol. The van der Waals surface area contributed by atoms with Gasteiger partial charge in [0, 0.05) is 5.56 Å². The minimum atomic E-state index is -1.35. The molecule has 0 heterocycles. The molecule has 3 nitrogen and oxygen atoms in total. The number of allylic oxidation sites excluding steroid dienone is 1. The Morgan fingerprint density at radius 1 is 0.963 bits per heavy atom. The number of aryl methyl sites for hydroxylation is 3. The van der Waals surface area contributed by atoms with Gasteiger partial charge in [-0.3, -0.25) is 0 Å². The summed E-state index contributed by atoms with van der Waals surface area (Å²) >= 11 is 0. The zero-order valence-electron chi connectivity index (χ0n) is 16.9. The average Bonchev–Trinajstić information content (AvgIpc) is 2.64. The second-order valence-electron chi connectivity index (χ2n) is 6.70. The molecule has 2 aromatic carbocycles. The Kier molecular flexibility index (Phi) is 8.09. The first-order valence-electron chi connectivity index (χ1n) is 9.20. The molecule has 1 atom stereocenters. The first kappa shape index (κ1) is 21.2. The van der Waals surface area contributed by atoms with Crippen LogP contribution in [0.2, 0.25) is 0 Å². The molecule has 0 N–H and O–H groups in total. The van der Waals surface area contributed by atoms with Crippen molar-refractivity contribution < 1.29 is 14.4 Å². The van der Waals surface area contributed by atoms with Gasteiger partial charge in [-0.2, -0.15) is 0 Å². The molecular formula is C23H29O3P. The minimum Gasteiger partial charge on any atom is -0.630 e. The number of benzene rings is 2. The fraction of sp³-hybridized carbons (Fsp3) is 0.348. The molecule has 1 unspecified atom stereocenters. The van der Waals surface area contributed by atoms with Crippen molar-refractivity contribution in [1.29, 1.82) is 0 Å². The predicted molar refractivity (Wildman–Crippen MR) is 115 cm³/mol. The molecule has 2 rings (SSSR count). The van der Waals surface area contributed by atoms with Crippen LogP contribution in [0.5, 0.6) is 11.5 Å². The Hall–Kier alpha value is -2.09. The molecule has 0 amide bonds. The van der Waals surface area contributed by atoms with Crippen LogP contribution in [-0.2, 0) is 0 Å². The van der Waals surface area contributed by atoms with E-state index in [-0.39, 0.29) is 0 Å². The summed E-state index contributed by atoms with van der Waals surface area (Å²) in [4.78, 5) is 12.5. The van der Waals surface area contributed by atoms with Crippen LogP contribution in [0.3, 0.4) is 0 Å². The normalized spacial score (nSPS) is 11.9. The number of hydrogen-bond donors (Lipinski definition) is 0. The van der Waals surface area contributed by atoms with Crippen LogP contribution in [-0.4, -0.2) is 26.2 Å². The summed E-state index contributed by atoms with van der Waals surface area (Å²) in [6.07, 6.45) is 6.54. The van der Waals surface area contributed by atoms with Gasteiger partial charge in [-0.05, 0) is 56.9 Å². The van der Waals surface area contributed by atoms with Gasteiger partial charge in [-0.25, -0.2) is 0 Å². The van der Waals surface area contributed by atoms with E-state index in [9.17, 15) is 4.89 Å². The van der Waals surface area contributed by atoms with E-state index >= 15 is 0 Å². The third-order valence-electron chi connectivity index (χ3n) is 4.51. The highest BCUT2D eigenvalue weighted by Crippen LogP contribution is 2.29. The van der Waals surface area contributed by atoms with Crippen LogP contribution >= 0.6 is 7.77 Å². The van der Waals surface area contributed by atoms with Crippen molar-refractivity contribution in [2.24, 2.45) is 0 Å². The molecule has 0 aliphatic heterocycles. The van der Waals surface area contributed by atoms with E-state index in [1.807, 2.05) is 30.1 Å². The molecule has 144 valence electrons. The number of methoxy groups -OCH3 is 2. The minimum absolute atomic E-state index is 0.690. The Balaban J connectivity index is 1.97. The highest BCUT2D eigenvalue weighted by atomic mass is 31.1. The number of ether oxygens (including phenoxy) is 2. The Morgan fingerprint density at radius 3 is 2.11 bits per heavy atom. The fourth-order valence-electron chi connectivity index (χ4n) is 3.21. The number of unbranched alkanes of at least 4 members (excludes halogenated alkanes) is 1. The lowest BCUT2D eigenvalue weighted by Gasteiger charge is -2.09. The lowest BCUT2D eigenvalue weighted by molar-refractivity contribution is -0.152. The summed E-state index contributed by atoms with van der Waals surface area (Å²) in [7, 11) is 1.96.